The van der Waals surface area contributed by atoms with Gasteiger partial charge in [0.05, 0.1) is 25.1 Å². The molecule has 1 fully saturated rings. The number of hydrogen-bond acceptors (Lipinski definition) is 8. The smallest absolute Gasteiger partial charge is 0.410 e. The molecule has 0 radical (unpaired) electrons. The van der Waals surface area contributed by atoms with E-state index in [2.05, 4.69) is 25.4 Å². The minimum atomic E-state index is -0.407. The van der Waals surface area contributed by atoms with Crippen LogP contribution in [0.25, 0.3) is 0 Å². The summed E-state index contributed by atoms with van der Waals surface area (Å²) in [6.45, 7) is 14.1. The van der Waals surface area contributed by atoms with E-state index >= 15 is 0 Å². The topological polar surface area (TPSA) is 107 Å². The molecule has 0 atom stereocenters. The van der Waals surface area contributed by atoms with Crippen molar-refractivity contribution >= 4 is 17.7 Å². The van der Waals surface area contributed by atoms with Crippen LogP contribution < -0.4 is 5.32 Å². The Bertz CT molecular complexity index is 753. The Balaban J connectivity index is 0.000000280. The number of morpholine rings is 1. The number of nitrogens with zero attached hydrogens (tertiary/aromatic N) is 6. The lowest BCUT2D eigenvalue weighted by Crippen LogP contribution is -2.43. The van der Waals surface area contributed by atoms with Crippen molar-refractivity contribution in [2.75, 3.05) is 31.6 Å². The van der Waals surface area contributed by atoms with Gasteiger partial charge in [-0.1, -0.05) is 20.8 Å². The third-order valence-electron chi connectivity index (χ3n) is 3.56. The highest BCUT2D eigenvalue weighted by molar-refractivity contribution is 5.68. The Morgan fingerprint density at radius 2 is 1.90 bits per heavy atom. The van der Waals surface area contributed by atoms with Gasteiger partial charge in [-0.3, -0.25) is 4.68 Å². The molecule has 2 aromatic rings. The Labute approximate surface area is 179 Å². The average molecular weight is 422 g/mol. The van der Waals surface area contributed by atoms with Crippen LogP contribution in [-0.4, -0.2) is 67.6 Å². The molecule has 0 aromatic carbocycles. The lowest BCUT2D eigenvalue weighted by molar-refractivity contribution is -0.00677. The molecule has 10 heteroatoms. The van der Waals surface area contributed by atoms with E-state index in [0.29, 0.717) is 32.3 Å². The van der Waals surface area contributed by atoms with Crippen molar-refractivity contribution in [2.24, 2.45) is 7.05 Å². The third-order valence-corrected chi connectivity index (χ3v) is 3.56. The third kappa shape index (κ3) is 9.64. The lowest BCUT2D eigenvalue weighted by atomic mass is 10.2. The van der Waals surface area contributed by atoms with Crippen LogP contribution in [0.1, 0.15) is 47.4 Å². The van der Waals surface area contributed by atoms with Crippen molar-refractivity contribution < 1.29 is 14.3 Å². The lowest BCUT2D eigenvalue weighted by Gasteiger charge is -2.29. The van der Waals surface area contributed by atoms with Crippen molar-refractivity contribution in [1.82, 2.24) is 29.6 Å². The van der Waals surface area contributed by atoms with E-state index in [0.717, 1.165) is 17.9 Å². The van der Waals surface area contributed by atoms with E-state index in [4.69, 9.17) is 9.47 Å². The van der Waals surface area contributed by atoms with Gasteiger partial charge in [0, 0.05) is 32.8 Å². The molecule has 3 rings (SSSR count). The Morgan fingerprint density at radius 3 is 2.43 bits per heavy atom. The van der Waals surface area contributed by atoms with Gasteiger partial charge in [-0.2, -0.15) is 10.1 Å². The summed E-state index contributed by atoms with van der Waals surface area (Å²) in [5.74, 6) is 1.33. The minimum Gasteiger partial charge on any atom is -0.444 e. The Kier molecular flexibility index (Phi) is 10.7. The van der Waals surface area contributed by atoms with E-state index in [1.165, 1.54) is 6.33 Å². The van der Waals surface area contributed by atoms with Crippen LogP contribution in [0, 0.1) is 0 Å². The molecule has 1 aliphatic rings. The average Bonchev–Trinajstić information content (AvgIpc) is 3.14. The summed E-state index contributed by atoms with van der Waals surface area (Å²) < 4.78 is 12.1. The molecule has 1 aliphatic heterocycles. The zero-order valence-electron chi connectivity index (χ0n) is 19.2. The summed E-state index contributed by atoms with van der Waals surface area (Å²) in [4.78, 5) is 25.4. The van der Waals surface area contributed by atoms with Crippen molar-refractivity contribution in [3.8, 4) is 0 Å². The fraction of sp³-hybridized carbons (Fsp3) is 0.650. The number of aryl methyl sites for hydroxylation is 2. The summed E-state index contributed by atoms with van der Waals surface area (Å²) in [6, 6.07) is 0. The number of amides is 1. The van der Waals surface area contributed by atoms with Gasteiger partial charge < -0.3 is 19.7 Å². The zero-order chi connectivity index (χ0) is 22.6. The fourth-order valence-electron chi connectivity index (χ4n) is 2.25. The van der Waals surface area contributed by atoms with Crippen molar-refractivity contribution in [3.05, 3.63) is 24.5 Å². The molecular formula is C20H35N7O3. The molecular weight excluding hydrogens is 386 g/mol. The van der Waals surface area contributed by atoms with Crippen molar-refractivity contribution in [1.29, 1.82) is 0 Å². The first-order valence-electron chi connectivity index (χ1n) is 10.3. The first kappa shape index (κ1) is 25.3. The molecule has 0 bridgehead atoms. The van der Waals surface area contributed by atoms with Crippen molar-refractivity contribution in [3.63, 3.8) is 0 Å². The van der Waals surface area contributed by atoms with E-state index in [1.807, 2.05) is 54.8 Å². The second-order valence-electron chi connectivity index (χ2n) is 7.19. The van der Waals surface area contributed by atoms with E-state index in [1.54, 1.807) is 15.8 Å². The molecule has 2 aromatic heterocycles. The van der Waals surface area contributed by atoms with Crippen LogP contribution >= 0.6 is 0 Å². The largest absolute Gasteiger partial charge is 0.444 e. The summed E-state index contributed by atoms with van der Waals surface area (Å²) >= 11 is 0. The maximum atomic E-state index is 11.5. The van der Waals surface area contributed by atoms with Gasteiger partial charge in [-0.15, -0.1) is 0 Å². The predicted molar refractivity (Wildman–Crippen MR) is 116 cm³/mol. The standard InChI is InChI=1S/C9H12N6.C9H17NO3.C2H6/c1-3-8-10-6-11-9(14-8)13-7-4-12-15(2)5-7;1-9(2,3)13-8(11)10-4-6-12-7-5-10;1-2/h4-6H,3H2,1-2H3,(H,10,11,13,14);4-7H2,1-3H3;1-2H3. The van der Waals surface area contributed by atoms with Gasteiger partial charge in [0.15, 0.2) is 0 Å². The maximum Gasteiger partial charge on any atom is 0.410 e. The Morgan fingerprint density at radius 1 is 1.23 bits per heavy atom. The normalized spacial score (nSPS) is 13.4. The van der Waals surface area contributed by atoms with Crippen LogP contribution in [0.2, 0.25) is 0 Å². The van der Waals surface area contributed by atoms with Gasteiger partial charge in [-0.05, 0) is 20.8 Å². The molecule has 1 amide bonds. The Hall–Kier alpha value is -2.75. The molecule has 10 nitrogen and oxygen atoms in total. The molecule has 30 heavy (non-hydrogen) atoms. The quantitative estimate of drug-likeness (QED) is 0.805. The molecule has 0 aliphatic carbocycles. The number of hydrogen-bond donors (Lipinski definition) is 1. The van der Waals surface area contributed by atoms with Gasteiger partial charge in [0.1, 0.15) is 17.8 Å². The summed E-state index contributed by atoms with van der Waals surface area (Å²) in [7, 11) is 1.86. The molecule has 0 saturated carbocycles. The van der Waals surface area contributed by atoms with Crippen LogP contribution in [0.4, 0.5) is 16.4 Å². The highest BCUT2D eigenvalue weighted by Crippen LogP contribution is 2.11. The maximum absolute atomic E-state index is 11.5. The number of carbonyl (C=O) groups excluding carboxylic acids is 1. The van der Waals surface area contributed by atoms with Crippen LogP contribution in [0.5, 0.6) is 0 Å². The SMILES string of the molecule is CC.CC(C)(C)OC(=O)N1CCOCC1.CCc1ncnc(Nc2cnn(C)c2)n1. The van der Waals surface area contributed by atoms with E-state index < -0.39 is 5.60 Å². The van der Waals surface area contributed by atoms with Crippen LogP contribution in [0.3, 0.4) is 0 Å². The monoisotopic (exact) mass is 421 g/mol. The number of anilines is 2. The second-order valence-corrected chi connectivity index (χ2v) is 7.19. The molecule has 0 unspecified atom stereocenters. The number of nitrogens with one attached hydrogen (secondary N) is 1. The number of ether oxygens (including phenoxy) is 2. The zero-order valence-corrected chi connectivity index (χ0v) is 19.2. The molecule has 0 spiro atoms. The van der Waals surface area contributed by atoms with Crippen molar-refractivity contribution in [2.45, 2.75) is 53.6 Å². The predicted octanol–water partition coefficient (Wildman–Crippen LogP) is 3.19. The highest BCUT2D eigenvalue weighted by Gasteiger charge is 2.23. The summed E-state index contributed by atoms with van der Waals surface area (Å²) in [5.41, 5.74) is 0.459. The molecule has 3 heterocycles. The summed E-state index contributed by atoms with van der Waals surface area (Å²) in [6.07, 6.45) is 5.63. The van der Waals surface area contributed by atoms with Gasteiger partial charge in [0.2, 0.25) is 5.95 Å². The van der Waals surface area contributed by atoms with E-state index in [9.17, 15) is 4.79 Å². The molecule has 1 N–H and O–H groups in total. The summed E-state index contributed by atoms with van der Waals surface area (Å²) in [5, 5.41) is 7.09. The van der Waals surface area contributed by atoms with Gasteiger partial charge in [-0.25, -0.2) is 14.8 Å². The highest BCUT2D eigenvalue weighted by atomic mass is 16.6. The molecule has 168 valence electrons. The number of carbonyl (C=O) groups is 1. The van der Waals surface area contributed by atoms with Gasteiger partial charge >= 0.3 is 6.09 Å². The van der Waals surface area contributed by atoms with Gasteiger partial charge in [0.25, 0.3) is 0 Å². The minimum absolute atomic E-state index is 0.240. The fourth-order valence-corrected chi connectivity index (χ4v) is 2.25. The first-order valence-corrected chi connectivity index (χ1v) is 10.3. The van der Waals surface area contributed by atoms with E-state index in [-0.39, 0.29) is 6.09 Å². The molecule has 1 saturated heterocycles. The number of rotatable bonds is 3. The number of aromatic nitrogens is 5. The van der Waals surface area contributed by atoms with Crippen LogP contribution in [0.15, 0.2) is 18.7 Å². The second kappa shape index (κ2) is 12.7. The van der Waals surface area contributed by atoms with Crippen LogP contribution in [-0.2, 0) is 22.9 Å². The first-order chi connectivity index (χ1) is 14.3.